The van der Waals surface area contributed by atoms with Gasteiger partial charge in [0.15, 0.2) is 0 Å². The number of carbonyl (C=O) groups excluding carboxylic acids is 1. The van der Waals surface area contributed by atoms with Crippen LogP contribution in [0, 0.1) is 30.6 Å². The van der Waals surface area contributed by atoms with Crippen molar-refractivity contribution in [2.75, 3.05) is 60.1 Å². The van der Waals surface area contributed by atoms with Crippen molar-refractivity contribution in [2.24, 2.45) is 0 Å². The van der Waals surface area contributed by atoms with Gasteiger partial charge in [-0.15, -0.1) is 0 Å². The lowest BCUT2D eigenvalue weighted by atomic mass is 10.1. The van der Waals surface area contributed by atoms with Gasteiger partial charge < -0.3 is 29.2 Å². The van der Waals surface area contributed by atoms with Crippen LogP contribution in [-0.4, -0.2) is 97.6 Å². The largest absolute Gasteiger partial charge is 0.497 e. The number of hydrogen-bond donors (Lipinski definition) is 2. The standard InChI is InChI=1S/C48H62N6O6P2/c1-10-59-62(9,57)46-30-40(21-18-37-16-14-36(2)15-17-37)28-42(52-46)32-53-31-41(13-11-12-26-49-47(55)60-48(3,4)5)50-34-54(35-53)33-43-27-39(29-45(51-43)61(7,8)56)20-19-38-22-24-44(58-6)25-23-38/h14-17,22-25,27-30,41,50H,10-13,26,31-35H2,1-9H3,(H,49,55)/t41-,62?/m0/s1. The van der Waals surface area contributed by atoms with Gasteiger partial charge in [-0.2, -0.15) is 0 Å². The van der Waals surface area contributed by atoms with Crippen LogP contribution in [0.2, 0.25) is 0 Å². The Labute approximate surface area is 368 Å². The van der Waals surface area contributed by atoms with Crippen LogP contribution in [0.25, 0.3) is 0 Å². The third-order valence-corrected chi connectivity index (χ3v) is 13.0. The molecule has 1 aliphatic rings. The zero-order chi connectivity index (χ0) is 44.9. The summed E-state index contributed by atoms with van der Waals surface area (Å²) in [6.45, 7) is 18.0. The van der Waals surface area contributed by atoms with Gasteiger partial charge in [-0.3, -0.25) is 14.4 Å². The van der Waals surface area contributed by atoms with Crippen molar-refractivity contribution in [3.63, 3.8) is 0 Å². The van der Waals surface area contributed by atoms with E-state index in [1.807, 2.05) is 101 Å². The fraction of sp³-hybridized carbons (Fsp3) is 0.438. The number of aromatic nitrogens is 2. The van der Waals surface area contributed by atoms with Crippen LogP contribution in [0.5, 0.6) is 5.75 Å². The Morgan fingerprint density at radius 1 is 0.823 bits per heavy atom. The lowest BCUT2D eigenvalue weighted by molar-refractivity contribution is 0.0526. The maximum Gasteiger partial charge on any atom is 0.407 e. The van der Waals surface area contributed by atoms with Crippen molar-refractivity contribution < 1.29 is 27.9 Å². The monoisotopic (exact) mass is 880 g/mol. The normalized spacial score (nSPS) is 15.9. The number of benzene rings is 2. The van der Waals surface area contributed by atoms with Crippen molar-refractivity contribution in [3.05, 3.63) is 112 Å². The first kappa shape index (κ1) is 48.3. The average Bonchev–Trinajstić information content (AvgIpc) is 3.39. The van der Waals surface area contributed by atoms with Crippen LogP contribution < -0.4 is 26.2 Å². The number of nitrogens with zero attached hydrogens (tertiary/aromatic N) is 4. The highest BCUT2D eigenvalue weighted by molar-refractivity contribution is 7.69. The Morgan fingerprint density at radius 2 is 1.39 bits per heavy atom. The zero-order valence-electron chi connectivity index (χ0n) is 37.7. The third kappa shape index (κ3) is 15.9. The van der Waals surface area contributed by atoms with Crippen molar-refractivity contribution in [3.8, 4) is 29.4 Å². The van der Waals surface area contributed by atoms with Gasteiger partial charge in [-0.25, -0.2) is 14.8 Å². The van der Waals surface area contributed by atoms with E-state index in [1.165, 1.54) is 0 Å². The summed E-state index contributed by atoms with van der Waals surface area (Å²) in [6, 6.07) is 23.3. The molecule has 4 aromatic rings. The van der Waals surface area contributed by atoms with Gasteiger partial charge >= 0.3 is 6.09 Å². The molecule has 2 aromatic heterocycles. The number of amides is 1. The van der Waals surface area contributed by atoms with Crippen LogP contribution in [0.15, 0.2) is 72.8 Å². The van der Waals surface area contributed by atoms with E-state index in [0.717, 1.165) is 58.7 Å². The lowest BCUT2D eigenvalue weighted by Crippen LogP contribution is -2.38. The van der Waals surface area contributed by atoms with E-state index in [0.29, 0.717) is 62.6 Å². The number of nitrogens with one attached hydrogen (secondary N) is 2. The molecule has 1 unspecified atom stereocenters. The van der Waals surface area contributed by atoms with E-state index in [1.54, 1.807) is 33.2 Å². The van der Waals surface area contributed by atoms with Gasteiger partial charge in [0.1, 0.15) is 29.4 Å². The molecule has 2 aromatic carbocycles. The SMILES string of the molecule is CCOP(C)(=O)c1cc(C#Cc2ccc(C)cc2)cc(CN2C[C@H](CCCCNC(=O)OC(C)(C)C)NCN(Cc3cc(C#Cc4ccc(OC)cc4)cc(P(C)(C)=O)n3)C2)n1. The van der Waals surface area contributed by atoms with E-state index in [4.69, 9.17) is 24.0 Å². The number of aryl methyl sites for hydroxylation is 1. The zero-order valence-corrected chi connectivity index (χ0v) is 39.5. The number of unbranched alkanes of at least 4 members (excludes halogenated alkanes) is 1. The number of hydrogen-bond acceptors (Lipinski definition) is 11. The first-order valence-electron chi connectivity index (χ1n) is 21.1. The van der Waals surface area contributed by atoms with Crippen LogP contribution in [0.1, 0.15) is 86.2 Å². The van der Waals surface area contributed by atoms with E-state index in [-0.39, 0.29) is 6.04 Å². The topological polar surface area (TPSA) is 135 Å². The Balaban J connectivity index is 1.42. The van der Waals surface area contributed by atoms with E-state index in [2.05, 4.69) is 44.1 Å². The van der Waals surface area contributed by atoms with Gasteiger partial charge in [-0.1, -0.05) is 47.8 Å². The maximum atomic E-state index is 13.8. The molecular weight excluding hydrogens is 819 g/mol. The summed E-state index contributed by atoms with van der Waals surface area (Å²) >= 11 is 0. The summed E-state index contributed by atoms with van der Waals surface area (Å²) in [5, 5.41) is 6.63. The van der Waals surface area contributed by atoms with Gasteiger partial charge in [0.2, 0.25) is 7.37 Å². The van der Waals surface area contributed by atoms with Crippen LogP contribution in [-0.2, 0) is 31.5 Å². The van der Waals surface area contributed by atoms with E-state index < -0.39 is 26.2 Å². The van der Waals surface area contributed by atoms with Crippen molar-refractivity contribution in [1.29, 1.82) is 0 Å². The summed E-state index contributed by atoms with van der Waals surface area (Å²) in [4.78, 5) is 26.7. The van der Waals surface area contributed by atoms with Crippen LogP contribution in [0.4, 0.5) is 4.79 Å². The second-order valence-electron chi connectivity index (χ2n) is 17.1. The molecule has 1 saturated heterocycles. The minimum absolute atomic E-state index is 0.114. The highest BCUT2D eigenvalue weighted by Gasteiger charge is 2.26. The molecule has 0 radical (unpaired) electrons. The number of methoxy groups -OCH3 is 1. The Morgan fingerprint density at radius 3 is 1.97 bits per heavy atom. The molecule has 1 amide bonds. The molecule has 62 heavy (non-hydrogen) atoms. The molecule has 2 atom stereocenters. The van der Waals surface area contributed by atoms with Gasteiger partial charge in [0.05, 0.1) is 31.8 Å². The molecule has 330 valence electrons. The molecule has 0 bridgehead atoms. The number of carbonyl (C=O) groups is 1. The van der Waals surface area contributed by atoms with Crippen molar-refractivity contribution in [2.45, 2.75) is 78.6 Å². The first-order chi connectivity index (χ1) is 29.4. The summed E-state index contributed by atoms with van der Waals surface area (Å²) in [5.41, 5.74) is 6.17. The average molecular weight is 881 g/mol. The number of alkyl carbamates (subject to hydrolysis) is 1. The summed E-state index contributed by atoms with van der Waals surface area (Å²) < 4.78 is 43.7. The second-order valence-corrected chi connectivity index (χ2v) is 22.7. The highest BCUT2D eigenvalue weighted by atomic mass is 31.2. The van der Waals surface area contributed by atoms with Crippen molar-refractivity contribution >= 4 is 31.5 Å². The summed E-state index contributed by atoms with van der Waals surface area (Å²) in [7, 11) is -4.33. The van der Waals surface area contributed by atoms with Crippen LogP contribution in [0.3, 0.4) is 0 Å². The van der Waals surface area contributed by atoms with E-state index >= 15 is 0 Å². The molecule has 5 rings (SSSR count). The molecule has 3 heterocycles. The molecule has 2 N–H and O–H groups in total. The molecule has 0 aliphatic carbocycles. The third-order valence-electron chi connectivity index (χ3n) is 9.82. The van der Waals surface area contributed by atoms with Crippen molar-refractivity contribution in [1.82, 2.24) is 30.4 Å². The minimum Gasteiger partial charge on any atom is -0.497 e. The molecule has 0 saturated carbocycles. The highest BCUT2D eigenvalue weighted by Crippen LogP contribution is 2.40. The van der Waals surface area contributed by atoms with Gasteiger partial charge in [-0.05, 0) is 121 Å². The number of ether oxygens (including phenoxy) is 2. The predicted octanol–water partition coefficient (Wildman–Crippen LogP) is 7.30. The molecule has 14 heteroatoms. The minimum atomic E-state index is -3.23. The quantitative estimate of drug-likeness (QED) is 0.0751. The maximum absolute atomic E-state index is 13.8. The lowest BCUT2D eigenvalue weighted by Gasteiger charge is -2.27. The fourth-order valence-corrected chi connectivity index (χ4v) is 8.89. The van der Waals surface area contributed by atoms with Crippen LogP contribution >= 0.6 is 14.5 Å². The fourth-order valence-electron chi connectivity index (χ4n) is 6.76. The Hall–Kier alpha value is -4.77. The summed E-state index contributed by atoms with van der Waals surface area (Å²) in [6.07, 6.45) is 2.12. The molecule has 0 spiro atoms. The molecule has 1 fully saturated rings. The Bertz CT molecular complexity index is 2370. The first-order valence-corrected chi connectivity index (χ1v) is 25.7. The van der Waals surface area contributed by atoms with Gasteiger partial charge in [0, 0.05) is 67.8 Å². The molecule has 12 nitrogen and oxygen atoms in total. The van der Waals surface area contributed by atoms with Gasteiger partial charge in [0.25, 0.3) is 0 Å². The van der Waals surface area contributed by atoms with E-state index in [9.17, 15) is 13.9 Å². The number of rotatable bonds is 14. The Kier molecular flexibility index (Phi) is 17.2. The summed E-state index contributed by atoms with van der Waals surface area (Å²) in [5.74, 6) is 13.8. The molecule has 1 aliphatic heterocycles. The predicted molar refractivity (Wildman–Crippen MR) is 249 cm³/mol. The molecular formula is C48H62N6O6P2. The smallest absolute Gasteiger partial charge is 0.407 e. The second kappa shape index (κ2) is 22.0. The number of pyridine rings is 2.